The van der Waals surface area contributed by atoms with E-state index in [9.17, 15) is 13.2 Å². The minimum absolute atomic E-state index is 0.529. The molecule has 0 saturated heterocycles. The van der Waals surface area contributed by atoms with E-state index in [-0.39, 0.29) is 0 Å². The molecule has 0 spiro atoms. The highest BCUT2D eigenvalue weighted by atomic mass is 19.4. The lowest BCUT2D eigenvalue weighted by atomic mass is 10.0. The Morgan fingerprint density at radius 3 is 1.70 bits per heavy atom. The largest absolute Gasteiger partial charge is 0.455 e. The zero-order valence-corrected chi connectivity index (χ0v) is 14.2. The summed E-state index contributed by atoms with van der Waals surface area (Å²) >= 11 is 0. The average Bonchev–Trinajstić information content (AvgIpc) is 3.14. The third-order valence-electron chi connectivity index (χ3n) is 4.35. The Morgan fingerprint density at radius 1 is 0.593 bits per heavy atom. The van der Waals surface area contributed by atoms with Crippen LogP contribution in [-0.4, -0.2) is 0 Å². The summed E-state index contributed by atoms with van der Waals surface area (Å²) in [7, 11) is 0. The molecule has 0 bridgehead atoms. The molecule has 4 heteroatoms. The summed E-state index contributed by atoms with van der Waals surface area (Å²) in [5.41, 5.74) is 2.72. The molecule has 0 aliphatic rings. The third kappa shape index (κ3) is 3.51. The van der Waals surface area contributed by atoms with Crippen molar-refractivity contribution >= 4 is 0 Å². The molecular formula is C23H15F3O. The maximum Gasteiger partial charge on any atom is 0.416 e. The van der Waals surface area contributed by atoms with Gasteiger partial charge in [0.15, 0.2) is 0 Å². The van der Waals surface area contributed by atoms with Crippen LogP contribution in [0.4, 0.5) is 13.2 Å². The van der Waals surface area contributed by atoms with Gasteiger partial charge in [0.25, 0.3) is 0 Å². The van der Waals surface area contributed by atoms with E-state index in [0.717, 1.165) is 28.8 Å². The van der Waals surface area contributed by atoms with Gasteiger partial charge in [0.05, 0.1) is 5.56 Å². The van der Waals surface area contributed by atoms with Crippen LogP contribution in [0.15, 0.2) is 95.4 Å². The van der Waals surface area contributed by atoms with Crippen LogP contribution in [0, 0.1) is 0 Å². The fourth-order valence-corrected chi connectivity index (χ4v) is 2.99. The molecule has 134 valence electrons. The Hall–Kier alpha value is -3.27. The van der Waals surface area contributed by atoms with Crippen LogP contribution in [0.3, 0.4) is 0 Å². The normalized spacial score (nSPS) is 11.5. The average molecular weight is 364 g/mol. The second kappa shape index (κ2) is 6.80. The smallest absolute Gasteiger partial charge is 0.416 e. The number of hydrogen-bond donors (Lipinski definition) is 0. The summed E-state index contributed by atoms with van der Waals surface area (Å²) in [6, 6.07) is 26.3. The van der Waals surface area contributed by atoms with Crippen molar-refractivity contribution in [2.24, 2.45) is 0 Å². The highest BCUT2D eigenvalue weighted by Gasteiger charge is 2.30. The Balaban J connectivity index is 1.82. The predicted molar refractivity (Wildman–Crippen MR) is 100 cm³/mol. The van der Waals surface area contributed by atoms with Gasteiger partial charge in [-0.05, 0) is 23.8 Å². The van der Waals surface area contributed by atoms with Crippen molar-refractivity contribution in [2.75, 3.05) is 0 Å². The van der Waals surface area contributed by atoms with E-state index in [1.807, 2.05) is 66.7 Å². The minimum Gasteiger partial charge on any atom is -0.455 e. The van der Waals surface area contributed by atoms with Crippen molar-refractivity contribution in [3.63, 3.8) is 0 Å². The first-order valence-electron chi connectivity index (χ1n) is 8.45. The van der Waals surface area contributed by atoms with Crippen LogP contribution in [0.25, 0.3) is 33.8 Å². The maximum absolute atomic E-state index is 12.8. The quantitative estimate of drug-likeness (QED) is 0.372. The Kier molecular flexibility index (Phi) is 4.32. The highest BCUT2D eigenvalue weighted by molar-refractivity contribution is 5.83. The van der Waals surface area contributed by atoms with Gasteiger partial charge in [-0.3, -0.25) is 0 Å². The Bertz CT molecular complexity index is 974. The minimum atomic E-state index is -4.36. The van der Waals surface area contributed by atoms with E-state index in [0.29, 0.717) is 17.1 Å². The van der Waals surface area contributed by atoms with Crippen molar-refractivity contribution in [3.05, 3.63) is 96.6 Å². The molecule has 0 aliphatic heterocycles. The van der Waals surface area contributed by atoms with E-state index < -0.39 is 11.7 Å². The molecule has 1 nitrogen and oxygen atoms in total. The van der Waals surface area contributed by atoms with Gasteiger partial charge >= 0.3 is 6.18 Å². The predicted octanol–water partition coefficient (Wildman–Crippen LogP) is 7.30. The third-order valence-corrected chi connectivity index (χ3v) is 4.35. The molecule has 0 atom stereocenters. The molecule has 4 aromatic rings. The van der Waals surface area contributed by atoms with Gasteiger partial charge < -0.3 is 4.42 Å². The number of benzene rings is 3. The van der Waals surface area contributed by atoms with Gasteiger partial charge in [-0.25, -0.2) is 0 Å². The number of hydrogen-bond acceptors (Lipinski definition) is 1. The van der Waals surface area contributed by atoms with Gasteiger partial charge in [-0.1, -0.05) is 72.8 Å². The highest BCUT2D eigenvalue weighted by Crippen LogP contribution is 2.39. The van der Waals surface area contributed by atoms with Gasteiger partial charge in [0.1, 0.15) is 11.5 Å². The van der Waals surface area contributed by atoms with Crippen molar-refractivity contribution in [1.29, 1.82) is 0 Å². The zero-order chi connectivity index (χ0) is 18.9. The fourth-order valence-electron chi connectivity index (χ4n) is 2.99. The molecule has 1 aromatic heterocycles. The molecule has 27 heavy (non-hydrogen) atoms. The van der Waals surface area contributed by atoms with Gasteiger partial charge in [0.2, 0.25) is 0 Å². The monoisotopic (exact) mass is 364 g/mol. The van der Waals surface area contributed by atoms with Crippen molar-refractivity contribution in [1.82, 2.24) is 0 Å². The molecular weight excluding hydrogens is 349 g/mol. The Morgan fingerprint density at radius 2 is 1.15 bits per heavy atom. The van der Waals surface area contributed by atoms with Gasteiger partial charge in [-0.15, -0.1) is 0 Å². The van der Waals surface area contributed by atoms with E-state index in [4.69, 9.17) is 4.42 Å². The van der Waals surface area contributed by atoms with Crippen LogP contribution < -0.4 is 0 Å². The van der Waals surface area contributed by atoms with Crippen LogP contribution >= 0.6 is 0 Å². The molecule has 0 aliphatic carbocycles. The Labute approximate surface area is 154 Å². The lowest BCUT2D eigenvalue weighted by molar-refractivity contribution is -0.137. The van der Waals surface area contributed by atoms with E-state index in [1.54, 1.807) is 0 Å². The van der Waals surface area contributed by atoms with Gasteiger partial charge in [-0.2, -0.15) is 13.2 Å². The van der Waals surface area contributed by atoms with Crippen molar-refractivity contribution in [3.8, 4) is 33.8 Å². The topological polar surface area (TPSA) is 13.1 Å². The van der Waals surface area contributed by atoms with Crippen molar-refractivity contribution in [2.45, 2.75) is 6.18 Å². The molecule has 4 rings (SSSR count). The first kappa shape index (κ1) is 17.2. The van der Waals surface area contributed by atoms with Crippen LogP contribution in [0.1, 0.15) is 5.56 Å². The molecule has 0 unspecified atom stereocenters. The molecule has 0 radical (unpaired) electrons. The second-order valence-corrected chi connectivity index (χ2v) is 6.16. The number of rotatable bonds is 3. The first-order chi connectivity index (χ1) is 13.0. The lowest BCUT2D eigenvalue weighted by Crippen LogP contribution is -2.03. The molecule has 3 aromatic carbocycles. The lowest BCUT2D eigenvalue weighted by Gasteiger charge is -2.06. The molecule has 0 saturated carbocycles. The van der Waals surface area contributed by atoms with Crippen LogP contribution in [0.5, 0.6) is 0 Å². The van der Waals surface area contributed by atoms with E-state index in [1.165, 1.54) is 12.1 Å². The van der Waals surface area contributed by atoms with Crippen LogP contribution in [-0.2, 0) is 6.18 Å². The number of alkyl halides is 3. The summed E-state index contributed by atoms with van der Waals surface area (Å²) in [6.45, 7) is 0. The van der Waals surface area contributed by atoms with Gasteiger partial charge in [0, 0.05) is 16.7 Å². The molecule has 0 N–H and O–H groups in total. The molecule has 0 amide bonds. The maximum atomic E-state index is 12.8. The summed E-state index contributed by atoms with van der Waals surface area (Å²) in [6.07, 6.45) is -4.36. The summed E-state index contributed by atoms with van der Waals surface area (Å²) in [5.74, 6) is 1.22. The van der Waals surface area contributed by atoms with E-state index in [2.05, 4.69) is 0 Å². The summed E-state index contributed by atoms with van der Waals surface area (Å²) in [5, 5.41) is 0. The molecule has 1 heterocycles. The van der Waals surface area contributed by atoms with Crippen molar-refractivity contribution < 1.29 is 17.6 Å². The number of halogens is 3. The SMILES string of the molecule is FC(F)(F)c1ccc(-c2cc(-c3ccccc3)c(-c3ccccc3)o2)cc1. The van der Waals surface area contributed by atoms with E-state index >= 15 is 0 Å². The summed E-state index contributed by atoms with van der Waals surface area (Å²) < 4.78 is 44.5. The standard InChI is InChI=1S/C23H15F3O/c24-23(25,26)19-13-11-17(12-14-19)21-15-20(16-7-3-1-4-8-16)22(27-21)18-9-5-2-6-10-18/h1-15H. The second-order valence-electron chi connectivity index (χ2n) is 6.16. The number of furan rings is 1. The zero-order valence-electron chi connectivity index (χ0n) is 14.2. The summed E-state index contributed by atoms with van der Waals surface area (Å²) in [4.78, 5) is 0. The van der Waals surface area contributed by atoms with Crippen LogP contribution in [0.2, 0.25) is 0 Å². The molecule has 0 fully saturated rings. The fraction of sp³-hybridized carbons (Fsp3) is 0.0435. The first-order valence-corrected chi connectivity index (χ1v) is 8.45.